The Hall–Kier alpha value is -1.62. The first-order chi connectivity index (χ1) is 7.56. The molecule has 1 aliphatic heterocycles. The fraction of sp³-hybridized carbons (Fsp3) is 0.364. The molecule has 2 rings (SSSR count). The van der Waals surface area contributed by atoms with Gasteiger partial charge in [0.1, 0.15) is 11.2 Å². The van der Waals surface area contributed by atoms with Gasteiger partial charge in [0.05, 0.1) is 0 Å². The molecule has 0 spiro atoms. The van der Waals surface area contributed by atoms with Crippen LogP contribution in [0.3, 0.4) is 0 Å². The summed E-state index contributed by atoms with van der Waals surface area (Å²) in [4.78, 5) is 11.4. The smallest absolute Gasteiger partial charge is 0.315 e. The van der Waals surface area contributed by atoms with Crippen molar-refractivity contribution in [3.8, 4) is 0 Å². The molecular weight excluding hydrogens is 211 g/mol. The first-order valence-electron chi connectivity index (χ1n) is 5.06. The molecular formula is C11H13FN2O2. The summed E-state index contributed by atoms with van der Waals surface area (Å²) in [6.45, 7) is 0.887. The number of nitrogens with one attached hydrogen (secondary N) is 1. The van der Waals surface area contributed by atoms with Gasteiger partial charge in [-0.15, -0.1) is 0 Å². The van der Waals surface area contributed by atoms with E-state index < -0.39 is 17.2 Å². The predicted octanol–water partition coefficient (Wildman–Crippen LogP) is 0.724. The van der Waals surface area contributed by atoms with Crippen LogP contribution in [-0.2, 0) is 10.2 Å². The number of carboxylic acid groups (broad SMARTS) is 1. The van der Waals surface area contributed by atoms with E-state index in [-0.39, 0.29) is 6.54 Å². The summed E-state index contributed by atoms with van der Waals surface area (Å²) in [7, 11) is 0. The second-order valence-electron chi connectivity index (χ2n) is 4.05. The molecule has 1 aromatic rings. The first-order valence-corrected chi connectivity index (χ1v) is 5.06. The standard InChI is InChI=1S/C11H13FN2O2/c12-7-1-2-9(13)8(5-7)11(10(15)16)3-4-14-6-11/h1-2,5,14H,3-4,6,13H2,(H,15,16). The number of anilines is 1. The maximum Gasteiger partial charge on any atom is 0.315 e. The lowest BCUT2D eigenvalue weighted by Gasteiger charge is -2.25. The Balaban J connectivity index is 2.55. The fourth-order valence-electron chi connectivity index (χ4n) is 2.16. The molecule has 16 heavy (non-hydrogen) atoms. The van der Waals surface area contributed by atoms with Crippen LogP contribution in [0.25, 0.3) is 0 Å². The van der Waals surface area contributed by atoms with Crippen molar-refractivity contribution < 1.29 is 14.3 Å². The summed E-state index contributed by atoms with van der Waals surface area (Å²) in [5, 5.41) is 12.3. The van der Waals surface area contributed by atoms with E-state index in [2.05, 4.69) is 5.32 Å². The molecule has 1 fully saturated rings. The van der Waals surface area contributed by atoms with Gasteiger partial charge in [-0.05, 0) is 36.7 Å². The Labute approximate surface area is 92.3 Å². The van der Waals surface area contributed by atoms with E-state index in [1.54, 1.807) is 0 Å². The number of carbonyl (C=O) groups is 1. The van der Waals surface area contributed by atoms with Crippen LogP contribution in [0.1, 0.15) is 12.0 Å². The summed E-state index contributed by atoms with van der Waals surface area (Å²) < 4.78 is 13.2. The van der Waals surface area contributed by atoms with Crippen molar-refractivity contribution >= 4 is 11.7 Å². The normalized spacial score (nSPS) is 24.6. The lowest BCUT2D eigenvalue weighted by molar-refractivity contribution is -0.143. The van der Waals surface area contributed by atoms with Gasteiger partial charge in [0.25, 0.3) is 0 Å². The number of hydrogen-bond acceptors (Lipinski definition) is 3. The van der Waals surface area contributed by atoms with Crippen molar-refractivity contribution in [2.45, 2.75) is 11.8 Å². The van der Waals surface area contributed by atoms with Gasteiger partial charge in [-0.25, -0.2) is 4.39 Å². The average molecular weight is 224 g/mol. The maximum absolute atomic E-state index is 13.2. The predicted molar refractivity (Wildman–Crippen MR) is 57.6 cm³/mol. The van der Waals surface area contributed by atoms with E-state index in [0.29, 0.717) is 24.2 Å². The minimum atomic E-state index is -1.09. The van der Waals surface area contributed by atoms with Crippen LogP contribution in [0.4, 0.5) is 10.1 Å². The maximum atomic E-state index is 13.2. The molecule has 1 aromatic carbocycles. The highest BCUT2D eigenvalue weighted by molar-refractivity contribution is 5.84. The summed E-state index contributed by atoms with van der Waals surface area (Å²) in [6.07, 6.45) is 0.427. The Morgan fingerprint density at radius 3 is 2.88 bits per heavy atom. The highest BCUT2D eigenvalue weighted by Crippen LogP contribution is 2.35. The molecule has 86 valence electrons. The Kier molecular flexibility index (Phi) is 2.55. The molecule has 4 N–H and O–H groups in total. The molecule has 0 radical (unpaired) electrons. The van der Waals surface area contributed by atoms with E-state index in [1.165, 1.54) is 18.2 Å². The van der Waals surface area contributed by atoms with Crippen molar-refractivity contribution in [2.24, 2.45) is 0 Å². The van der Waals surface area contributed by atoms with Gasteiger partial charge < -0.3 is 16.2 Å². The molecule has 1 aliphatic rings. The topological polar surface area (TPSA) is 75.4 Å². The minimum Gasteiger partial charge on any atom is -0.481 e. The van der Waals surface area contributed by atoms with E-state index in [0.717, 1.165) is 0 Å². The SMILES string of the molecule is Nc1ccc(F)cc1C1(C(=O)O)CCNC1. The first kappa shape index (κ1) is 10.9. The molecule has 0 aliphatic carbocycles. The average Bonchev–Trinajstić information content (AvgIpc) is 2.71. The van der Waals surface area contributed by atoms with E-state index in [4.69, 9.17) is 5.73 Å². The molecule has 0 aromatic heterocycles. The van der Waals surface area contributed by atoms with Crippen LogP contribution in [-0.4, -0.2) is 24.2 Å². The van der Waals surface area contributed by atoms with Crippen LogP contribution < -0.4 is 11.1 Å². The second-order valence-corrected chi connectivity index (χ2v) is 4.05. The minimum absolute atomic E-state index is 0.288. The largest absolute Gasteiger partial charge is 0.481 e. The molecule has 4 nitrogen and oxygen atoms in total. The molecule has 5 heteroatoms. The molecule has 1 atom stereocenters. The summed E-state index contributed by atoms with van der Waals surface area (Å²) in [5.74, 6) is -1.42. The number of nitrogen functional groups attached to an aromatic ring is 1. The van der Waals surface area contributed by atoms with Gasteiger partial charge >= 0.3 is 5.97 Å². The van der Waals surface area contributed by atoms with Gasteiger partial charge in [0.15, 0.2) is 0 Å². The van der Waals surface area contributed by atoms with Crippen molar-refractivity contribution in [1.82, 2.24) is 5.32 Å². The zero-order chi connectivity index (χ0) is 11.8. The number of hydrogen-bond donors (Lipinski definition) is 3. The molecule has 0 bridgehead atoms. The number of nitrogens with two attached hydrogens (primary N) is 1. The van der Waals surface area contributed by atoms with Gasteiger partial charge in [-0.1, -0.05) is 0 Å². The van der Waals surface area contributed by atoms with Gasteiger partial charge in [0, 0.05) is 12.2 Å². The summed E-state index contributed by atoms with van der Waals surface area (Å²) in [6, 6.07) is 3.86. The van der Waals surface area contributed by atoms with Crippen LogP contribution in [0.5, 0.6) is 0 Å². The molecule has 1 unspecified atom stereocenters. The number of halogens is 1. The van der Waals surface area contributed by atoms with Gasteiger partial charge in [-0.2, -0.15) is 0 Å². The van der Waals surface area contributed by atoms with Gasteiger partial charge in [0.2, 0.25) is 0 Å². The summed E-state index contributed by atoms with van der Waals surface area (Å²) >= 11 is 0. The van der Waals surface area contributed by atoms with Crippen LogP contribution in [0.2, 0.25) is 0 Å². The molecule has 0 saturated carbocycles. The van der Waals surface area contributed by atoms with Gasteiger partial charge in [-0.3, -0.25) is 4.79 Å². The number of aliphatic carboxylic acids is 1. The number of carboxylic acids is 1. The highest BCUT2D eigenvalue weighted by Gasteiger charge is 2.44. The van der Waals surface area contributed by atoms with Crippen molar-refractivity contribution in [3.05, 3.63) is 29.6 Å². The van der Waals surface area contributed by atoms with E-state index in [9.17, 15) is 14.3 Å². The lowest BCUT2D eigenvalue weighted by atomic mass is 9.79. The third-order valence-electron chi connectivity index (χ3n) is 3.10. The monoisotopic (exact) mass is 224 g/mol. The zero-order valence-electron chi connectivity index (χ0n) is 8.66. The van der Waals surface area contributed by atoms with Crippen LogP contribution in [0, 0.1) is 5.82 Å². The van der Waals surface area contributed by atoms with Crippen LogP contribution >= 0.6 is 0 Å². The van der Waals surface area contributed by atoms with Crippen molar-refractivity contribution in [2.75, 3.05) is 18.8 Å². The number of benzene rings is 1. The quantitative estimate of drug-likeness (QED) is 0.647. The molecule has 0 amide bonds. The third-order valence-corrected chi connectivity index (χ3v) is 3.10. The van der Waals surface area contributed by atoms with E-state index >= 15 is 0 Å². The van der Waals surface area contributed by atoms with E-state index in [1.807, 2.05) is 0 Å². The Bertz CT molecular complexity index is 428. The molecule has 1 saturated heterocycles. The third kappa shape index (κ3) is 1.53. The summed E-state index contributed by atoms with van der Waals surface area (Å²) in [5.41, 5.74) is 5.34. The lowest BCUT2D eigenvalue weighted by Crippen LogP contribution is -2.38. The van der Waals surface area contributed by atoms with Crippen molar-refractivity contribution in [1.29, 1.82) is 0 Å². The fourth-order valence-corrected chi connectivity index (χ4v) is 2.16. The Morgan fingerprint density at radius 2 is 2.31 bits per heavy atom. The molecule has 1 heterocycles. The zero-order valence-corrected chi connectivity index (χ0v) is 8.66. The number of rotatable bonds is 2. The Morgan fingerprint density at radius 1 is 1.56 bits per heavy atom. The highest BCUT2D eigenvalue weighted by atomic mass is 19.1. The second kappa shape index (κ2) is 3.75. The van der Waals surface area contributed by atoms with Crippen LogP contribution in [0.15, 0.2) is 18.2 Å². The van der Waals surface area contributed by atoms with Crippen molar-refractivity contribution in [3.63, 3.8) is 0 Å².